The number of carbonyl (C=O) groups excluding carboxylic acids is 2. The lowest BCUT2D eigenvalue weighted by Gasteiger charge is -2.30. The standard InChI is InChI=1S/C20H27FN4O3.H2/c1-12(26)24-19(22)20(2,10-13-3-4-13)25-18(27)16-9-17(28-8-7-21)15(11-23-16)14-5-6-14;/h9,11,13-14H,3-8,10H2,1-2H3,(H,25,27)(H2,22,24,26);1H. The van der Waals surface area contributed by atoms with Crippen molar-refractivity contribution in [1.82, 2.24) is 10.3 Å². The number of aliphatic imine (C=N–C) groups is 1. The summed E-state index contributed by atoms with van der Waals surface area (Å²) in [7, 11) is 0. The zero-order valence-corrected chi connectivity index (χ0v) is 16.3. The molecule has 1 aromatic heterocycles. The molecule has 2 saturated carbocycles. The highest BCUT2D eigenvalue weighted by molar-refractivity contribution is 6.02. The van der Waals surface area contributed by atoms with Crippen molar-refractivity contribution in [2.75, 3.05) is 13.3 Å². The van der Waals surface area contributed by atoms with E-state index in [1.807, 2.05) is 0 Å². The van der Waals surface area contributed by atoms with Gasteiger partial charge in [-0.1, -0.05) is 12.8 Å². The van der Waals surface area contributed by atoms with E-state index in [1.54, 1.807) is 19.2 Å². The largest absolute Gasteiger partial charge is 0.490 e. The Bertz CT molecular complexity index is 796. The number of pyridine rings is 1. The van der Waals surface area contributed by atoms with Gasteiger partial charge in [0.15, 0.2) is 0 Å². The van der Waals surface area contributed by atoms with Gasteiger partial charge >= 0.3 is 0 Å². The number of nitrogens with zero attached hydrogens (tertiary/aromatic N) is 2. The van der Waals surface area contributed by atoms with Crippen LogP contribution in [-0.2, 0) is 4.79 Å². The van der Waals surface area contributed by atoms with Gasteiger partial charge in [-0.05, 0) is 38.0 Å². The second-order valence-corrected chi connectivity index (χ2v) is 7.87. The van der Waals surface area contributed by atoms with Crippen molar-refractivity contribution in [2.24, 2.45) is 16.6 Å². The molecule has 0 spiro atoms. The van der Waals surface area contributed by atoms with Gasteiger partial charge < -0.3 is 15.8 Å². The molecule has 0 bridgehead atoms. The molecule has 154 valence electrons. The fourth-order valence-corrected chi connectivity index (χ4v) is 3.27. The van der Waals surface area contributed by atoms with Crippen molar-refractivity contribution in [3.8, 4) is 5.75 Å². The Labute approximate surface area is 165 Å². The summed E-state index contributed by atoms with van der Waals surface area (Å²) in [6, 6.07) is 1.55. The number of hydrogen-bond acceptors (Lipinski definition) is 4. The number of ether oxygens (including phenoxy) is 1. The maximum Gasteiger partial charge on any atom is 0.270 e. The molecular formula is C20H29FN4O3. The van der Waals surface area contributed by atoms with Gasteiger partial charge in [-0.25, -0.2) is 4.39 Å². The minimum atomic E-state index is -0.944. The number of halogens is 1. The van der Waals surface area contributed by atoms with E-state index in [9.17, 15) is 14.0 Å². The van der Waals surface area contributed by atoms with Crippen molar-refractivity contribution in [3.63, 3.8) is 0 Å². The summed E-state index contributed by atoms with van der Waals surface area (Å²) >= 11 is 0. The number of alkyl halides is 1. The summed E-state index contributed by atoms with van der Waals surface area (Å²) in [5.41, 5.74) is 6.18. The molecule has 7 nitrogen and oxygen atoms in total. The van der Waals surface area contributed by atoms with Crippen molar-refractivity contribution >= 4 is 17.6 Å². The lowest BCUT2D eigenvalue weighted by atomic mass is 9.92. The van der Waals surface area contributed by atoms with Gasteiger partial charge in [0.1, 0.15) is 30.6 Å². The molecule has 1 heterocycles. The van der Waals surface area contributed by atoms with Crippen molar-refractivity contribution in [2.45, 2.75) is 57.4 Å². The van der Waals surface area contributed by atoms with E-state index in [-0.39, 0.29) is 19.6 Å². The first-order chi connectivity index (χ1) is 13.3. The Morgan fingerprint density at radius 3 is 2.71 bits per heavy atom. The molecule has 3 N–H and O–H groups in total. The highest BCUT2D eigenvalue weighted by atomic mass is 19.1. The average molecular weight is 392 g/mol. The fourth-order valence-electron chi connectivity index (χ4n) is 3.27. The number of rotatable bonds is 9. The molecular weight excluding hydrogens is 363 g/mol. The zero-order valence-electron chi connectivity index (χ0n) is 16.3. The van der Waals surface area contributed by atoms with E-state index < -0.39 is 24.0 Å². The third kappa shape index (κ3) is 5.05. The quantitative estimate of drug-likeness (QED) is 0.496. The van der Waals surface area contributed by atoms with Crippen LogP contribution in [-0.4, -0.2) is 41.5 Å². The first-order valence-corrected chi connectivity index (χ1v) is 9.69. The number of amides is 2. The van der Waals surface area contributed by atoms with E-state index in [0.717, 1.165) is 31.2 Å². The molecule has 1 unspecified atom stereocenters. The predicted molar refractivity (Wildman–Crippen MR) is 105 cm³/mol. The smallest absolute Gasteiger partial charge is 0.270 e. The van der Waals surface area contributed by atoms with Crippen LogP contribution in [0.1, 0.15) is 69.3 Å². The molecule has 2 fully saturated rings. The highest BCUT2D eigenvalue weighted by Gasteiger charge is 2.38. The van der Waals surface area contributed by atoms with Crippen LogP contribution >= 0.6 is 0 Å². The zero-order chi connectivity index (χ0) is 20.3. The third-order valence-corrected chi connectivity index (χ3v) is 5.11. The van der Waals surface area contributed by atoms with E-state index in [1.165, 1.54) is 6.92 Å². The number of nitrogens with two attached hydrogens (primary N) is 1. The Morgan fingerprint density at radius 2 is 2.14 bits per heavy atom. The van der Waals surface area contributed by atoms with Gasteiger partial charge in [0.05, 0.1) is 5.54 Å². The molecule has 8 heteroatoms. The van der Waals surface area contributed by atoms with E-state index in [2.05, 4.69) is 15.3 Å². The molecule has 2 amide bonds. The minimum absolute atomic E-state index is 0. The monoisotopic (exact) mass is 392 g/mol. The summed E-state index contributed by atoms with van der Waals surface area (Å²) in [6.45, 7) is 2.41. The maximum atomic E-state index is 12.9. The van der Waals surface area contributed by atoms with E-state index >= 15 is 0 Å². The summed E-state index contributed by atoms with van der Waals surface area (Å²) in [5.74, 6) is 0.538. The number of carbonyl (C=O) groups is 2. The van der Waals surface area contributed by atoms with Gasteiger partial charge in [-0.2, -0.15) is 4.99 Å². The summed E-state index contributed by atoms with van der Waals surface area (Å²) in [6.07, 6.45) is 6.44. The van der Waals surface area contributed by atoms with Crippen LogP contribution in [0.15, 0.2) is 17.3 Å². The second-order valence-electron chi connectivity index (χ2n) is 7.87. The van der Waals surface area contributed by atoms with Crippen molar-refractivity contribution < 1.29 is 20.1 Å². The Hall–Kier alpha value is -2.51. The lowest BCUT2D eigenvalue weighted by molar-refractivity contribution is -0.115. The van der Waals surface area contributed by atoms with E-state index in [4.69, 9.17) is 10.5 Å². The van der Waals surface area contributed by atoms with E-state index in [0.29, 0.717) is 24.0 Å². The molecule has 0 radical (unpaired) electrons. The molecule has 1 atom stereocenters. The van der Waals surface area contributed by atoms with Gasteiger partial charge in [0, 0.05) is 26.2 Å². The first kappa shape index (κ1) is 20.2. The second kappa shape index (κ2) is 8.24. The molecule has 1 aromatic rings. The van der Waals surface area contributed by atoms with Crippen LogP contribution < -0.4 is 15.8 Å². The summed E-state index contributed by atoms with van der Waals surface area (Å²) in [5, 5.41) is 2.89. The predicted octanol–water partition coefficient (Wildman–Crippen LogP) is 2.75. The van der Waals surface area contributed by atoms with Gasteiger partial charge in [0.25, 0.3) is 5.91 Å². The Kier molecular flexibility index (Phi) is 5.96. The SMILES string of the molecule is CC(=O)N=C(N)C(C)(CC1CC1)NC(=O)c1cc(OCCF)c(C2CC2)cn1.[HH]. The van der Waals surface area contributed by atoms with Gasteiger partial charge in [-0.15, -0.1) is 0 Å². The van der Waals surface area contributed by atoms with Gasteiger partial charge in [-0.3, -0.25) is 14.6 Å². The Balaban J connectivity index is 0.00000300. The minimum Gasteiger partial charge on any atom is -0.490 e. The van der Waals surface area contributed by atoms with Crippen LogP contribution in [0.2, 0.25) is 0 Å². The topological polar surface area (TPSA) is 107 Å². The average Bonchev–Trinajstić information content (AvgIpc) is 3.53. The highest BCUT2D eigenvalue weighted by Crippen LogP contribution is 2.44. The van der Waals surface area contributed by atoms with Crippen molar-refractivity contribution in [3.05, 3.63) is 23.5 Å². The molecule has 0 aliphatic heterocycles. The molecule has 2 aliphatic rings. The number of hydrogen-bond donors (Lipinski definition) is 2. The molecule has 28 heavy (non-hydrogen) atoms. The van der Waals surface area contributed by atoms with Crippen LogP contribution in [0.5, 0.6) is 5.75 Å². The number of aromatic nitrogens is 1. The molecule has 0 saturated heterocycles. The fraction of sp³-hybridized carbons (Fsp3) is 0.600. The van der Waals surface area contributed by atoms with Crippen molar-refractivity contribution in [1.29, 1.82) is 0 Å². The lowest BCUT2D eigenvalue weighted by Crippen LogP contribution is -2.56. The summed E-state index contributed by atoms with van der Waals surface area (Å²) < 4.78 is 18.0. The maximum absolute atomic E-state index is 12.9. The van der Waals surface area contributed by atoms with Crippen LogP contribution in [0.25, 0.3) is 0 Å². The van der Waals surface area contributed by atoms with Crippen LogP contribution in [0, 0.1) is 5.92 Å². The number of nitrogens with one attached hydrogen (secondary N) is 1. The third-order valence-electron chi connectivity index (χ3n) is 5.11. The molecule has 2 aliphatic carbocycles. The van der Waals surface area contributed by atoms with Gasteiger partial charge in [0.2, 0.25) is 5.91 Å². The normalized spacial score (nSPS) is 19.0. The van der Waals surface area contributed by atoms with Crippen LogP contribution in [0.3, 0.4) is 0 Å². The Morgan fingerprint density at radius 1 is 1.43 bits per heavy atom. The summed E-state index contributed by atoms with van der Waals surface area (Å²) in [4.78, 5) is 32.4. The molecule has 3 rings (SSSR count). The number of amidine groups is 1. The molecule has 0 aromatic carbocycles. The first-order valence-electron chi connectivity index (χ1n) is 9.69. The van der Waals surface area contributed by atoms with Crippen LogP contribution in [0.4, 0.5) is 4.39 Å².